The van der Waals surface area contributed by atoms with Crippen molar-refractivity contribution in [1.29, 1.82) is 0 Å². The van der Waals surface area contributed by atoms with E-state index in [0.29, 0.717) is 17.9 Å². The van der Waals surface area contributed by atoms with E-state index in [1.54, 1.807) is 18.2 Å². The van der Waals surface area contributed by atoms with Crippen LogP contribution in [-0.4, -0.2) is 12.4 Å². The molecule has 2 nitrogen and oxygen atoms in total. The molecule has 0 N–H and O–H groups in total. The zero-order valence-electron chi connectivity index (χ0n) is 10.7. The Kier molecular flexibility index (Phi) is 4.36. The van der Waals surface area contributed by atoms with E-state index in [4.69, 9.17) is 4.74 Å². The average molecular weight is 250 g/mol. The van der Waals surface area contributed by atoms with E-state index in [9.17, 15) is 4.79 Å². The lowest BCUT2D eigenvalue weighted by Gasteiger charge is -2.05. The van der Waals surface area contributed by atoms with E-state index in [1.807, 2.05) is 43.3 Å². The lowest BCUT2D eigenvalue weighted by molar-refractivity contribution is 0.105. The van der Waals surface area contributed by atoms with Gasteiger partial charge in [0.25, 0.3) is 0 Å². The van der Waals surface area contributed by atoms with Crippen LogP contribution in [0.2, 0.25) is 0 Å². The second kappa shape index (κ2) is 6.42. The molecular weight excluding hydrogens is 236 g/mol. The van der Waals surface area contributed by atoms with Crippen LogP contribution in [0.4, 0.5) is 0 Å². The van der Waals surface area contributed by atoms with Gasteiger partial charge in [0.05, 0.1) is 12.2 Å². The maximum absolute atomic E-state index is 12.1. The van der Waals surface area contributed by atoms with Gasteiger partial charge in [-0.05, 0) is 37.1 Å². The zero-order valence-corrected chi connectivity index (χ0v) is 10.7. The fourth-order valence-corrected chi connectivity index (χ4v) is 1.65. The Morgan fingerprint density at radius 2 is 1.74 bits per heavy atom. The normalized spacial score (nSPS) is 9.32. The molecule has 2 heteroatoms. The van der Waals surface area contributed by atoms with Gasteiger partial charge >= 0.3 is 0 Å². The smallest absolute Gasteiger partial charge is 0.239 e. The van der Waals surface area contributed by atoms with Gasteiger partial charge in [0.15, 0.2) is 0 Å². The molecule has 0 aliphatic carbocycles. The number of carbonyl (C=O) groups is 1. The van der Waals surface area contributed by atoms with Gasteiger partial charge in [-0.3, -0.25) is 4.79 Å². The van der Waals surface area contributed by atoms with E-state index in [2.05, 4.69) is 11.8 Å². The summed E-state index contributed by atoms with van der Waals surface area (Å²) in [5.41, 5.74) is 1.33. The number of benzene rings is 2. The SMILES string of the molecule is CCOc1ccccc1C(=O)C#Cc1ccccc1. The van der Waals surface area contributed by atoms with Crippen LogP contribution in [0.1, 0.15) is 22.8 Å². The van der Waals surface area contributed by atoms with Gasteiger partial charge in [-0.15, -0.1) is 0 Å². The third-order valence-corrected chi connectivity index (χ3v) is 2.53. The van der Waals surface area contributed by atoms with E-state index in [-0.39, 0.29) is 5.78 Å². The molecule has 0 heterocycles. The number of ketones is 1. The van der Waals surface area contributed by atoms with Crippen LogP contribution in [0.5, 0.6) is 5.75 Å². The molecule has 0 aliphatic rings. The molecule has 0 amide bonds. The zero-order chi connectivity index (χ0) is 13.5. The van der Waals surface area contributed by atoms with E-state index < -0.39 is 0 Å². The molecule has 2 aromatic rings. The van der Waals surface area contributed by atoms with Gasteiger partial charge in [-0.2, -0.15) is 0 Å². The summed E-state index contributed by atoms with van der Waals surface area (Å²) in [6, 6.07) is 16.6. The summed E-state index contributed by atoms with van der Waals surface area (Å²) in [6.45, 7) is 2.41. The first-order valence-electron chi connectivity index (χ1n) is 6.14. The standard InChI is InChI=1S/C17H14O2/c1-2-19-17-11-7-6-10-15(17)16(18)13-12-14-8-4-3-5-9-14/h3-11H,2H2,1H3. The molecular formula is C17H14O2. The Labute approximate surface area is 113 Å². The molecule has 0 aromatic heterocycles. The highest BCUT2D eigenvalue weighted by molar-refractivity contribution is 6.11. The topological polar surface area (TPSA) is 26.3 Å². The van der Waals surface area contributed by atoms with Gasteiger partial charge in [-0.25, -0.2) is 0 Å². The highest BCUT2D eigenvalue weighted by atomic mass is 16.5. The Bertz CT molecular complexity index is 618. The first kappa shape index (κ1) is 12.9. The van der Waals surface area contributed by atoms with E-state index in [0.717, 1.165) is 5.56 Å². The molecule has 0 atom stereocenters. The van der Waals surface area contributed by atoms with Crippen molar-refractivity contribution in [3.8, 4) is 17.6 Å². The van der Waals surface area contributed by atoms with Gasteiger partial charge < -0.3 is 4.74 Å². The van der Waals surface area contributed by atoms with Crippen molar-refractivity contribution < 1.29 is 9.53 Å². The molecule has 0 spiro atoms. The minimum absolute atomic E-state index is 0.229. The van der Waals surface area contributed by atoms with Crippen molar-refractivity contribution in [2.24, 2.45) is 0 Å². The van der Waals surface area contributed by atoms with Crippen LogP contribution in [0.25, 0.3) is 0 Å². The molecule has 19 heavy (non-hydrogen) atoms. The summed E-state index contributed by atoms with van der Waals surface area (Å²) in [4.78, 5) is 12.1. The van der Waals surface area contributed by atoms with Gasteiger partial charge in [0.2, 0.25) is 5.78 Å². The first-order valence-corrected chi connectivity index (χ1v) is 6.14. The van der Waals surface area contributed by atoms with Crippen molar-refractivity contribution in [1.82, 2.24) is 0 Å². The van der Waals surface area contributed by atoms with Gasteiger partial charge in [0, 0.05) is 5.56 Å². The summed E-state index contributed by atoms with van der Waals surface area (Å²) in [7, 11) is 0. The molecule has 2 aromatic carbocycles. The van der Waals surface area contributed by atoms with Crippen molar-refractivity contribution >= 4 is 5.78 Å². The lowest BCUT2D eigenvalue weighted by Crippen LogP contribution is -2.01. The minimum Gasteiger partial charge on any atom is -0.493 e. The summed E-state index contributed by atoms with van der Waals surface area (Å²) < 4.78 is 5.42. The number of ether oxygens (including phenoxy) is 1. The predicted molar refractivity (Wildman–Crippen MR) is 75.3 cm³/mol. The Morgan fingerprint density at radius 1 is 1.05 bits per heavy atom. The number of rotatable bonds is 3. The number of hydrogen-bond acceptors (Lipinski definition) is 2. The quantitative estimate of drug-likeness (QED) is 0.617. The average Bonchev–Trinajstić information content (AvgIpc) is 2.47. The number of hydrogen-bond donors (Lipinski definition) is 0. The first-order chi connectivity index (χ1) is 9.31. The van der Waals surface area contributed by atoms with Crippen LogP contribution in [0, 0.1) is 11.8 Å². The second-order valence-corrected chi connectivity index (χ2v) is 3.87. The van der Waals surface area contributed by atoms with E-state index in [1.165, 1.54) is 0 Å². The highest BCUT2D eigenvalue weighted by Gasteiger charge is 2.08. The molecule has 0 saturated carbocycles. The predicted octanol–water partition coefficient (Wildman–Crippen LogP) is 3.32. The summed E-state index contributed by atoms with van der Waals surface area (Å²) in [5, 5.41) is 0. The summed E-state index contributed by atoms with van der Waals surface area (Å²) in [6.07, 6.45) is 0. The summed E-state index contributed by atoms with van der Waals surface area (Å²) in [5.74, 6) is 5.85. The van der Waals surface area contributed by atoms with Gasteiger partial charge in [-0.1, -0.05) is 36.3 Å². The maximum Gasteiger partial charge on any atom is 0.239 e. The van der Waals surface area contributed by atoms with Crippen LogP contribution < -0.4 is 4.74 Å². The van der Waals surface area contributed by atoms with Crippen LogP contribution >= 0.6 is 0 Å². The van der Waals surface area contributed by atoms with Crippen molar-refractivity contribution in [2.75, 3.05) is 6.61 Å². The molecule has 0 radical (unpaired) electrons. The summed E-state index contributed by atoms with van der Waals surface area (Å²) >= 11 is 0. The number of carbonyl (C=O) groups excluding carboxylic acids is 1. The van der Waals surface area contributed by atoms with Crippen LogP contribution in [-0.2, 0) is 0 Å². The molecule has 0 unspecified atom stereocenters. The van der Waals surface area contributed by atoms with Crippen molar-refractivity contribution in [3.63, 3.8) is 0 Å². The Balaban J connectivity index is 2.24. The molecule has 2 rings (SSSR count). The molecule has 94 valence electrons. The Morgan fingerprint density at radius 3 is 2.47 bits per heavy atom. The van der Waals surface area contributed by atoms with Crippen molar-refractivity contribution in [3.05, 3.63) is 65.7 Å². The molecule has 0 fully saturated rings. The maximum atomic E-state index is 12.1. The minimum atomic E-state index is -0.229. The third kappa shape index (κ3) is 3.46. The molecule has 0 bridgehead atoms. The van der Waals surface area contributed by atoms with Crippen molar-refractivity contribution in [2.45, 2.75) is 6.92 Å². The lowest BCUT2D eigenvalue weighted by atomic mass is 10.1. The molecule has 0 aliphatic heterocycles. The second-order valence-electron chi connectivity index (χ2n) is 3.87. The highest BCUT2D eigenvalue weighted by Crippen LogP contribution is 2.18. The fourth-order valence-electron chi connectivity index (χ4n) is 1.65. The number of Topliss-reactive ketones (excluding diaryl/α,β-unsaturated/α-hetero) is 1. The fraction of sp³-hybridized carbons (Fsp3) is 0.118. The van der Waals surface area contributed by atoms with Crippen LogP contribution in [0.3, 0.4) is 0 Å². The largest absolute Gasteiger partial charge is 0.493 e. The Hall–Kier alpha value is -2.53. The third-order valence-electron chi connectivity index (χ3n) is 2.53. The van der Waals surface area contributed by atoms with Crippen LogP contribution in [0.15, 0.2) is 54.6 Å². The van der Waals surface area contributed by atoms with Gasteiger partial charge in [0.1, 0.15) is 5.75 Å². The molecule has 0 saturated heterocycles. The number of para-hydroxylation sites is 1. The monoisotopic (exact) mass is 250 g/mol. The van der Waals surface area contributed by atoms with E-state index >= 15 is 0 Å².